The Hall–Kier alpha value is -1.83. The molecule has 2 aromatic rings. The van der Waals surface area contributed by atoms with Gasteiger partial charge in [0.15, 0.2) is 0 Å². The van der Waals surface area contributed by atoms with Gasteiger partial charge in [0, 0.05) is 45.1 Å². The fraction of sp³-hybridized carbons (Fsp3) is 0.294. The molecule has 5 nitrogen and oxygen atoms in total. The van der Waals surface area contributed by atoms with Crippen LogP contribution in [0.25, 0.3) is 11.1 Å². The average molecular weight is 426 g/mol. The molecule has 0 heterocycles. The Kier molecular flexibility index (Phi) is 6.20. The zero-order valence-electron chi connectivity index (χ0n) is 13.1. The topological polar surface area (TPSA) is 64.4 Å². The highest BCUT2D eigenvalue weighted by molar-refractivity contribution is 14.1. The first kappa shape index (κ1) is 17.5. The van der Waals surface area contributed by atoms with E-state index >= 15 is 0 Å². The predicted octanol–water partition coefficient (Wildman–Crippen LogP) is 5.09. The maximum atomic E-state index is 11.1. The molecule has 2 rings (SSSR count). The number of halogens is 1. The summed E-state index contributed by atoms with van der Waals surface area (Å²) in [7, 11) is 1.63. The minimum Gasteiger partial charge on any atom is -0.497 e. The highest BCUT2D eigenvalue weighted by Crippen LogP contribution is 2.36. The number of benzene rings is 2. The van der Waals surface area contributed by atoms with Gasteiger partial charge >= 0.3 is 0 Å². The monoisotopic (exact) mass is 426 g/mol. The Bertz CT molecular complexity index is 704. The molecule has 122 valence electrons. The van der Waals surface area contributed by atoms with E-state index in [-0.39, 0.29) is 10.6 Å². The zero-order chi connectivity index (χ0) is 16.8. The van der Waals surface area contributed by atoms with Crippen molar-refractivity contribution in [3.05, 3.63) is 50.1 Å². The minimum absolute atomic E-state index is 0.0933. The van der Waals surface area contributed by atoms with Crippen molar-refractivity contribution in [2.24, 2.45) is 0 Å². The molecule has 0 spiro atoms. The average Bonchev–Trinajstić information content (AvgIpc) is 2.55. The second-order valence-electron chi connectivity index (χ2n) is 5.11. The van der Waals surface area contributed by atoms with Crippen molar-refractivity contribution in [1.29, 1.82) is 0 Å². The van der Waals surface area contributed by atoms with Crippen LogP contribution >= 0.6 is 22.6 Å². The third-order valence-corrected chi connectivity index (χ3v) is 4.46. The van der Waals surface area contributed by atoms with Crippen molar-refractivity contribution in [2.45, 2.75) is 19.8 Å². The molecule has 0 aliphatic rings. The fourth-order valence-corrected chi connectivity index (χ4v) is 2.89. The van der Waals surface area contributed by atoms with Crippen molar-refractivity contribution >= 4 is 34.0 Å². The van der Waals surface area contributed by atoms with E-state index in [0.29, 0.717) is 0 Å². The molecule has 0 fully saturated rings. The van der Waals surface area contributed by atoms with E-state index in [0.717, 1.165) is 45.5 Å². The van der Waals surface area contributed by atoms with Crippen molar-refractivity contribution < 1.29 is 9.66 Å². The van der Waals surface area contributed by atoms with E-state index in [1.165, 1.54) is 6.07 Å². The summed E-state index contributed by atoms with van der Waals surface area (Å²) in [6.07, 6.45) is 2.16. The van der Waals surface area contributed by atoms with Crippen LogP contribution in [0.2, 0.25) is 0 Å². The number of methoxy groups -OCH3 is 1. The van der Waals surface area contributed by atoms with Gasteiger partial charge in [-0.2, -0.15) is 0 Å². The molecule has 0 radical (unpaired) electrons. The predicted molar refractivity (Wildman–Crippen MR) is 101 cm³/mol. The van der Waals surface area contributed by atoms with Gasteiger partial charge in [-0.25, -0.2) is 0 Å². The van der Waals surface area contributed by atoms with E-state index < -0.39 is 0 Å². The molecule has 23 heavy (non-hydrogen) atoms. The Morgan fingerprint density at radius 1 is 1.22 bits per heavy atom. The van der Waals surface area contributed by atoms with Gasteiger partial charge in [0.2, 0.25) is 0 Å². The van der Waals surface area contributed by atoms with Gasteiger partial charge < -0.3 is 10.1 Å². The highest BCUT2D eigenvalue weighted by atomic mass is 127. The smallest absolute Gasteiger partial charge is 0.270 e. The van der Waals surface area contributed by atoms with Gasteiger partial charge in [-0.15, -0.1) is 0 Å². The van der Waals surface area contributed by atoms with E-state index in [1.807, 2.05) is 18.2 Å². The molecular weight excluding hydrogens is 407 g/mol. The molecule has 6 heteroatoms. The largest absolute Gasteiger partial charge is 0.497 e. The first-order chi connectivity index (χ1) is 11.1. The molecule has 0 amide bonds. The third-order valence-electron chi connectivity index (χ3n) is 3.52. The summed E-state index contributed by atoms with van der Waals surface area (Å²) in [5, 5.41) is 14.5. The van der Waals surface area contributed by atoms with Crippen LogP contribution in [0, 0.1) is 13.7 Å². The SMILES string of the molecule is CCCCNc1cc(OC)ccc1-c1cc([N+](=O)[O-])ccc1I. The van der Waals surface area contributed by atoms with Gasteiger partial charge in [-0.1, -0.05) is 13.3 Å². The first-order valence-electron chi connectivity index (χ1n) is 7.43. The summed E-state index contributed by atoms with van der Waals surface area (Å²) in [5.41, 5.74) is 2.81. The second-order valence-corrected chi connectivity index (χ2v) is 6.28. The summed E-state index contributed by atoms with van der Waals surface area (Å²) in [4.78, 5) is 10.7. The standard InChI is InChI=1S/C17H19IN2O3/c1-3-4-9-19-17-11-13(23-2)6-7-14(17)15-10-12(20(21)22)5-8-16(15)18/h5-8,10-11,19H,3-4,9H2,1-2H3. The molecule has 0 aliphatic carbocycles. The number of nitrogens with zero attached hydrogens (tertiary/aromatic N) is 1. The number of ether oxygens (including phenoxy) is 1. The fourth-order valence-electron chi connectivity index (χ4n) is 2.26. The molecule has 2 aromatic carbocycles. The van der Waals surface area contributed by atoms with Crippen LogP contribution in [-0.2, 0) is 0 Å². The van der Waals surface area contributed by atoms with Gasteiger partial charge in [-0.05, 0) is 47.2 Å². The number of hydrogen-bond donors (Lipinski definition) is 1. The van der Waals surface area contributed by atoms with Gasteiger partial charge in [0.1, 0.15) is 5.75 Å². The lowest BCUT2D eigenvalue weighted by Crippen LogP contribution is -2.03. The Morgan fingerprint density at radius 3 is 2.65 bits per heavy atom. The number of anilines is 1. The van der Waals surface area contributed by atoms with Crippen molar-refractivity contribution in [3.63, 3.8) is 0 Å². The van der Waals surface area contributed by atoms with Crippen LogP contribution in [0.3, 0.4) is 0 Å². The van der Waals surface area contributed by atoms with Gasteiger partial charge in [-0.3, -0.25) is 10.1 Å². The lowest BCUT2D eigenvalue weighted by molar-refractivity contribution is -0.384. The number of hydrogen-bond acceptors (Lipinski definition) is 4. The lowest BCUT2D eigenvalue weighted by Gasteiger charge is -2.15. The Labute approximate surface area is 149 Å². The molecule has 0 bridgehead atoms. The number of non-ortho nitro benzene ring substituents is 1. The number of unbranched alkanes of at least 4 members (excludes halogenated alkanes) is 1. The second kappa shape index (κ2) is 8.14. The summed E-state index contributed by atoms with van der Waals surface area (Å²) in [6, 6.07) is 10.7. The molecule has 1 N–H and O–H groups in total. The molecule has 0 unspecified atom stereocenters. The minimum atomic E-state index is -0.368. The number of nitro groups is 1. The van der Waals surface area contributed by atoms with E-state index in [1.54, 1.807) is 19.2 Å². The van der Waals surface area contributed by atoms with Crippen LogP contribution in [-0.4, -0.2) is 18.6 Å². The first-order valence-corrected chi connectivity index (χ1v) is 8.51. The van der Waals surface area contributed by atoms with E-state index in [9.17, 15) is 10.1 Å². The summed E-state index contributed by atoms with van der Waals surface area (Å²) >= 11 is 2.20. The summed E-state index contributed by atoms with van der Waals surface area (Å²) in [6.45, 7) is 2.99. The van der Waals surface area contributed by atoms with Gasteiger partial charge in [0.25, 0.3) is 5.69 Å². The third kappa shape index (κ3) is 4.34. The van der Waals surface area contributed by atoms with Crippen LogP contribution in [0.15, 0.2) is 36.4 Å². The van der Waals surface area contributed by atoms with Crippen molar-refractivity contribution in [1.82, 2.24) is 0 Å². The number of nitrogens with one attached hydrogen (secondary N) is 1. The molecule has 0 aromatic heterocycles. The maximum absolute atomic E-state index is 11.1. The molecule has 0 aliphatic heterocycles. The Morgan fingerprint density at radius 2 is 2.00 bits per heavy atom. The van der Waals surface area contributed by atoms with E-state index in [2.05, 4.69) is 34.8 Å². The zero-order valence-corrected chi connectivity index (χ0v) is 15.3. The van der Waals surface area contributed by atoms with Crippen LogP contribution < -0.4 is 10.1 Å². The van der Waals surface area contributed by atoms with Crippen molar-refractivity contribution in [3.8, 4) is 16.9 Å². The summed E-state index contributed by atoms with van der Waals surface area (Å²) < 4.78 is 6.26. The quantitative estimate of drug-likeness (QED) is 0.290. The maximum Gasteiger partial charge on any atom is 0.270 e. The van der Waals surface area contributed by atoms with Crippen molar-refractivity contribution in [2.75, 3.05) is 19.0 Å². The highest BCUT2D eigenvalue weighted by Gasteiger charge is 2.14. The lowest BCUT2D eigenvalue weighted by atomic mass is 10.0. The molecule has 0 atom stereocenters. The molecule has 0 saturated heterocycles. The van der Waals surface area contributed by atoms with Crippen LogP contribution in [0.1, 0.15) is 19.8 Å². The summed E-state index contributed by atoms with van der Waals surface area (Å²) in [5.74, 6) is 0.758. The van der Waals surface area contributed by atoms with Gasteiger partial charge in [0.05, 0.1) is 12.0 Å². The number of nitro benzene ring substituents is 1. The number of rotatable bonds is 7. The normalized spacial score (nSPS) is 10.4. The molecule has 0 saturated carbocycles. The molecular formula is C17H19IN2O3. The van der Waals surface area contributed by atoms with Crippen LogP contribution in [0.5, 0.6) is 5.75 Å². The van der Waals surface area contributed by atoms with Crippen LogP contribution in [0.4, 0.5) is 11.4 Å². The Balaban J connectivity index is 2.48. The van der Waals surface area contributed by atoms with E-state index in [4.69, 9.17) is 4.74 Å².